The van der Waals surface area contributed by atoms with Crippen molar-refractivity contribution in [2.75, 3.05) is 0 Å². The van der Waals surface area contributed by atoms with E-state index in [1.165, 1.54) is 0 Å². The highest BCUT2D eigenvalue weighted by atomic mass is 16.6. The number of fused-ring (bicyclic) bond motifs is 8. The van der Waals surface area contributed by atoms with E-state index in [4.69, 9.17) is 9.47 Å². The average molecular weight is 455 g/mol. The summed E-state index contributed by atoms with van der Waals surface area (Å²) in [6, 6.07) is 0. The average Bonchev–Trinajstić information content (AvgIpc) is 3.50. The van der Waals surface area contributed by atoms with Gasteiger partial charge in [0.05, 0.1) is 11.5 Å². The molecule has 4 fully saturated rings. The number of allylic oxidation sites excluding steroid dienone is 1. The molecule has 1 N–H and O–H groups in total. The lowest BCUT2D eigenvalue weighted by atomic mass is 9.43. The maximum absolute atomic E-state index is 13.3. The molecule has 33 heavy (non-hydrogen) atoms. The molecule has 0 bridgehead atoms. The zero-order chi connectivity index (χ0) is 23.5. The molecule has 0 aromatic rings. The van der Waals surface area contributed by atoms with Gasteiger partial charge in [0, 0.05) is 12.0 Å². The largest absolute Gasteiger partial charge is 0.458 e. The van der Waals surface area contributed by atoms with Crippen molar-refractivity contribution in [3.63, 3.8) is 0 Å². The molecular formula is C28H38O5. The summed E-state index contributed by atoms with van der Waals surface area (Å²) in [6.45, 7) is 10.7. The number of carbonyl (C=O) groups is 2. The number of carbonyl (C=O) groups excluding carboxylic acids is 2. The molecule has 6 aliphatic rings. The van der Waals surface area contributed by atoms with Gasteiger partial charge in [-0.05, 0) is 94.0 Å². The molecule has 180 valence electrons. The van der Waals surface area contributed by atoms with Crippen molar-refractivity contribution >= 4 is 11.8 Å². The summed E-state index contributed by atoms with van der Waals surface area (Å²) in [5.41, 5.74) is 0.243. The quantitative estimate of drug-likeness (QED) is 0.495. The third kappa shape index (κ3) is 2.61. The molecule has 0 unspecified atom stereocenters. The summed E-state index contributed by atoms with van der Waals surface area (Å²) in [4.78, 5) is 25.7. The molecular weight excluding hydrogens is 416 g/mol. The second kappa shape index (κ2) is 6.81. The maximum Gasteiger partial charge on any atom is 0.333 e. The van der Waals surface area contributed by atoms with Crippen molar-refractivity contribution in [3.05, 3.63) is 23.3 Å². The Morgan fingerprint density at radius 2 is 1.88 bits per heavy atom. The fourth-order valence-electron chi connectivity index (χ4n) is 9.34. The zero-order valence-corrected chi connectivity index (χ0v) is 20.6. The second-order valence-electron chi connectivity index (χ2n) is 12.5. The molecule has 0 spiro atoms. The highest BCUT2D eigenvalue weighted by Crippen LogP contribution is 2.71. The Morgan fingerprint density at radius 3 is 2.61 bits per heavy atom. The lowest BCUT2D eigenvalue weighted by Crippen LogP contribution is -2.67. The summed E-state index contributed by atoms with van der Waals surface area (Å²) in [6.07, 6.45) is 8.98. The van der Waals surface area contributed by atoms with E-state index in [0.29, 0.717) is 30.1 Å². The van der Waals surface area contributed by atoms with E-state index in [2.05, 4.69) is 20.8 Å². The van der Waals surface area contributed by atoms with Crippen molar-refractivity contribution in [1.29, 1.82) is 0 Å². The minimum atomic E-state index is -1.07. The number of ketones is 1. The highest BCUT2D eigenvalue weighted by Gasteiger charge is 2.77. The Bertz CT molecular complexity index is 981. The molecule has 3 saturated carbocycles. The van der Waals surface area contributed by atoms with Crippen LogP contribution in [0.5, 0.6) is 0 Å². The molecule has 0 aromatic heterocycles. The Morgan fingerprint density at radius 1 is 1.12 bits per heavy atom. The number of hydrogen-bond acceptors (Lipinski definition) is 5. The molecule has 2 heterocycles. The molecule has 6 rings (SSSR count). The zero-order valence-electron chi connectivity index (χ0n) is 20.6. The van der Waals surface area contributed by atoms with Crippen LogP contribution in [0.1, 0.15) is 73.1 Å². The van der Waals surface area contributed by atoms with Crippen LogP contribution in [0.2, 0.25) is 0 Å². The molecule has 5 heteroatoms. The van der Waals surface area contributed by atoms with Crippen molar-refractivity contribution in [2.24, 2.45) is 40.4 Å². The Kier molecular flexibility index (Phi) is 4.55. The van der Waals surface area contributed by atoms with Gasteiger partial charge in [0.15, 0.2) is 5.78 Å². The third-order valence-electron chi connectivity index (χ3n) is 11.6. The summed E-state index contributed by atoms with van der Waals surface area (Å²) in [7, 11) is 0. The van der Waals surface area contributed by atoms with Gasteiger partial charge in [-0.1, -0.05) is 25.5 Å². The predicted octanol–water partition coefficient (Wildman–Crippen LogP) is 4.38. The van der Waals surface area contributed by atoms with Crippen LogP contribution in [0.3, 0.4) is 0 Å². The van der Waals surface area contributed by atoms with Gasteiger partial charge in [-0.25, -0.2) is 4.79 Å². The normalized spacial score (nSPS) is 53.6. The van der Waals surface area contributed by atoms with E-state index >= 15 is 0 Å². The number of cyclic esters (lactones) is 1. The predicted molar refractivity (Wildman–Crippen MR) is 123 cm³/mol. The van der Waals surface area contributed by atoms with Crippen LogP contribution in [0, 0.1) is 40.4 Å². The molecule has 5 nitrogen and oxygen atoms in total. The van der Waals surface area contributed by atoms with E-state index in [0.717, 1.165) is 43.3 Å². The Labute approximate surface area is 197 Å². The van der Waals surface area contributed by atoms with Crippen LogP contribution in [-0.4, -0.2) is 40.8 Å². The Hall–Kier alpha value is -1.46. The summed E-state index contributed by atoms with van der Waals surface area (Å²) >= 11 is 0. The second-order valence-corrected chi connectivity index (χ2v) is 12.5. The molecule has 0 amide bonds. The van der Waals surface area contributed by atoms with Crippen LogP contribution in [0.4, 0.5) is 0 Å². The minimum Gasteiger partial charge on any atom is -0.458 e. The first-order valence-electron chi connectivity index (χ1n) is 13.0. The van der Waals surface area contributed by atoms with Crippen LogP contribution in [-0.2, 0) is 19.1 Å². The van der Waals surface area contributed by atoms with Gasteiger partial charge < -0.3 is 14.6 Å². The van der Waals surface area contributed by atoms with Gasteiger partial charge in [-0.2, -0.15) is 0 Å². The van der Waals surface area contributed by atoms with Gasteiger partial charge in [0.1, 0.15) is 17.8 Å². The van der Waals surface area contributed by atoms with Crippen LogP contribution in [0.25, 0.3) is 0 Å². The van der Waals surface area contributed by atoms with E-state index in [-0.39, 0.29) is 41.4 Å². The Balaban J connectivity index is 1.30. The summed E-state index contributed by atoms with van der Waals surface area (Å²) in [5.74, 6) is 1.68. The number of aliphatic hydroxyl groups is 1. The number of esters is 1. The maximum atomic E-state index is 13.3. The number of hydrogen-bond donors (Lipinski definition) is 1. The van der Waals surface area contributed by atoms with Gasteiger partial charge in [-0.3, -0.25) is 4.79 Å². The van der Waals surface area contributed by atoms with E-state index in [9.17, 15) is 14.7 Å². The number of epoxide rings is 1. The molecule has 0 radical (unpaired) electrons. The smallest absolute Gasteiger partial charge is 0.333 e. The van der Waals surface area contributed by atoms with Crippen molar-refractivity contribution in [3.8, 4) is 0 Å². The SMILES string of the molecule is CC1=C(C)C(=O)O[C@@H]([C@@H](C)[C@H]2CC[C@H]3[C@@H]4[C@@H]5O[C@@H]5[C@@]5(O)CC=CC(=O)[C@]5(C)[C@@H]4CC[C@]23C)C1. The van der Waals surface area contributed by atoms with Gasteiger partial charge >= 0.3 is 5.97 Å². The van der Waals surface area contributed by atoms with Crippen molar-refractivity contribution in [1.82, 2.24) is 0 Å². The first kappa shape index (κ1) is 22.0. The van der Waals surface area contributed by atoms with Crippen LogP contribution in [0.15, 0.2) is 23.3 Å². The van der Waals surface area contributed by atoms with E-state index < -0.39 is 11.0 Å². The molecule has 0 aromatic carbocycles. The van der Waals surface area contributed by atoms with E-state index in [1.807, 2.05) is 19.9 Å². The molecule has 11 atom stereocenters. The standard InChI is InChI=1S/C28H38O5/c1-14-13-20(32-25(30)15(14)2)16(3)17-8-9-18-22-19(10-12-26(17,18)4)27(5)21(29)7-6-11-28(27,31)24-23(22)33-24/h6-7,16-20,22-24,31H,8-13H2,1-5H3/t16-,17+,18-,19+,20+,22-,23-,24-,26+,27-,28-/m0/s1. The minimum absolute atomic E-state index is 0.0524. The third-order valence-corrected chi connectivity index (χ3v) is 11.6. The lowest BCUT2D eigenvalue weighted by molar-refractivity contribution is -0.182. The monoisotopic (exact) mass is 454 g/mol. The number of ether oxygens (including phenoxy) is 2. The fraction of sp³-hybridized carbons (Fsp3) is 0.786. The van der Waals surface area contributed by atoms with Crippen molar-refractivity contribution < 1.29 is 24.2 Å². The number of rotatable bonds is 2. The summed E-state index contributed by atoms with van der Waals surface area (Å²) < 4.78 is 12.1. The van der Waals surface area contributed by atoms with Gasteiger partial charge in [-0.15, -0.1) is 0 Å². The molecule has 4 aliphatic carbocycles. The van der Waals surface area contributed by atoms with Crippen LogP contribution >= 0.6 is 0 Å². The molecule has 1 saturated heterocycles. The van der Waals surface area contributed by atoms with Crippen LogP contribution < -0.4 is 0 Å². The van der Waals surface area contributed by atoms with Crippen molar-refractivity contribution in [2.45, 2.75) is 97.1 Å². The lowest BCUT2D eigenvalue weighted by Gasteiger charge is -2.60. The first-order valence-corrected chi connectivity index (χ1v) is 13.0. The fourth-order valence-corrected chi connectivity index (χ4v) is 9.34. The van der Waals surface area contributed by atoms with Gasteiger partial charge in [0.25, 0.3) is 0 Å². The van der Waals surface area contributed by atoms with Gasteiger partial charge in [0.2, 0.25) is 0 Å². The molecule has 2 aliphatic heterocycles. The first-order chi connectivity index (χ1) is 15.5. The highest BCUT2D eigenvalue weighted by molar-refractivity contribution is 5.97. The van der Waals surface area contributed by atoms with E-state index in [1.54, 1.807) is 6.08 Å². The summed E-state index contributed by atoms with van der Waals surface area (Å²) in [5, 5.41) is 11.7. The topological polar surface area (TPSA) is 76.1 Å².